The summed E-state index contributed by atoms with van der Waals surface area (Å²) in [6.07, 6.45) is 5.30. The van der Waals surface area contributed by atoms with Gasteiger partial charge < -0.3 is 15.5 Å². The number of anilines is 2. The van der Waals surface area contributed by atoms with Gasteiger partial charge in [0.15, 0.2) is 0 Å². The summed E-state index contributed by atoms with van der Waals surface area (Å²) in [6.45, 7) is 6.56. The second kappa shape index (κ2) is 5.88. The molecule has 3 heteroatoms. The van der Waals surface area contributed by atoms with Gasteiger partial charge in [0.1, 0.15) is 0 Å². The molecule has 1 aromatic carbocycles. The second-order valence-corrected chi connectivity index (χ2v) is 7.24. The Morgan fingerprint density at radius 1 is 1.24 bits per heavy atom. The predicted molar refractivity (Wildman–Crippen MR) is 91.0 cm³/mol. The molecule has 0 spiro atoms. The summed E-state index contributed by atoms with van der Waals surface area (Å²) in [5.41, 5.74) is 9.30. The van der Waals surface area contributed by atoms with Crippen molar-refractivity contribution in [1.29, 1.82) is 0 Å². The first kappa shape index (κ1) is 14.7. The van der Waals surface area contributed by atoms with Crippen LogP contribution in [0.15, 0.2) is 24.3 Å². The number of likely N-dealkylation sites (N-methyl/N-ethyl adjacent to an activating group) is 1. The Morgan fingerprint density at radius 2 is 2.00 bits per heavy atom. The highest BCUT2D eigenvalue weighted by atomic mass is 15.3. The van der Waals surface area contributed by atoms with E-state index in [-0.39, 0.29) is 0 Å². The van der Waals surface area contributed by atoms with Crippen molar-refractivity contribution in [2.75, 3.05) is 43.0 Å². The highest BCUT2D eigenvalue weighted by molar-refractivity contribution is 5.73. The Balaban J connectivity index is 1.83. The van der Waals surface area contributed by atoms with Gasteiger partial charge in [-0.15, -0.1) is 0 Å². The first-order valence-electron chi connectivity index (χ1n) is 8.39. The molecular formula is C18H29N3. The fourth-order valence-electron chi connectivity index (χ4n) is 4.30. The van der Waals surface area contributed by atoms with E-state index in [9.17, 15) is 0 Å². The molecule has 3 nitrogen and oxygen atoms in total. The van der Waals surface area contributed by atoms with Gasteiger partial charge in [-0.3, -0.25) is 0 Å². The first-order valence-corrected chi connectivity index (χ1v) is 8.39. The summed E-state index contributed by atoms with van der Waals surface area (Å²) in [4.78, 5) is 4.95. The van der Waals surface area contributed by atoms with Crippen LogP contribution in [0.3, 0.4) is 0 Å². The number of nitrogens with zero attached hydrogens (tertiary/aromatic N) is 2. The zero-order valence-electron chi connectivity index (χ0n) is 13.5. The standard InChI is InChI=1S/C18H29N3/c1-15-6-5-9-18(12-15,13-19)14-21-11-10-20(2)16-7-3-4-8-17(16)21/h3-4,7-8,15H,5-6,9-14,19H2,1-2H3. The van der Waals surface area contributed by atoms with Gasteiger partial charge in [-0.25, -0.2) is 0 Å². The maximum absolute atomic E-state index is 6.23. The van der Waals surface area contributed by atoms with Crippen molar-refractivity contribution >= 4 is 11.4 Å². The van der Waals surface area contributed by atoms with Crippen molar-refractivity contribution in [3.63, 3.8) is 0 Å². The number of hydrogen-bond acceptors (Lipinski definition) is 3. The van der Waals surface area contributed by atoms with Crippen LogP contribution in [-0.4, -0.2) is 33.2 Å². The molecule has 116 valence electrons. The largest absolute Gasteiger partial charge is 0.371 e. The van der Waals surface area contributed by atoms with Crippen molar-refractivity contribution < 1.29 is 0 Å². The molecule has 0 bridgehead atoms. The SMILES string of the molecule is CC1CCCC(CN)(CN2CCN(C)c3ccccc32)C1. The lowest BCUT2D eigenvalue weighted by Crippen LogP contribution is -2.49. The fourth-order valence-corrected chi connectivity index (χ4v) is 4.30. The minimum Gasteiger partial charge on any atom is -0.371 e. The first-order chi connectivity index (χ1) is 10.1. The molecule has 21 heavy (non-hydrogen) atoms. The van der Waals surface area contributed by atoms with Gasteiger partial charge in [0, 0.05) is 32.1 Å². The molecule has 1 aliphatic carbocycles. The number of rotatable bonds is 3. The van der Waals surface area contributed by atoms with E-state index >= 15 is 0 Å². The van der Waals surface area contributed by atoms with Gasteiger partial charge in [-0.1, -0.05) is 31.9 Å². The highest BCUT2D eigenvalue weighted by Gasteiger charge is 2.36. The molecule has 2 N–H and O–H groups in total. The number of nitrogens with two attached hydrogens (primary N) is 1. The molecule has 1 saturated carbocycles. The number of benzene rings is 1. The average molecular weight is 287 g/mol. The van der Waals surface area contributed by atoms with Gasteiger partial charge in [-0.05, 0) is 37.4 Å². The van der Waals surface area contributed by atoms with Crippen LogP contribution in [0.25, 0.3) is 0 Å². The Bertz CT molecular complexity index is 487. The molecule has 2 unspecified atom stereocenters. The molecule has 0 aromatic heterocycles. The van der Waals surface area contributed by atoms with E-state index in [0.717, 1.165) is 32.1 Å². The fraction of sp³-hybridized carbons (Fsp3) is 0.667. The Kier molecular flexibility index (Phi) is 4.12. The smallest absolute Gasteiger partial charge is 0.0604 e. The Labute approximate surface area is 129 Å². The average Bonchev–Trinajstić information content (AvgIpc) is 2.50. The monoisotopic (exact) mass is 287 g/mol. The zero-order valence-corrected chi connectivity index (χ0v) is 13.5. The van der Waals surface area contributed by atoms with Crippen LogP contribution in [0.1, 0.15) is 32.6 Å². The maximum atomic E-state index is 6.23. The summed E-state index contributed by atoms with van der Waals surface area (Å²) in [6, 6.07) is 8.80. The minimum absolute atomic E-state index is 0.320. The van der Waals surface area contributed by atoms with Crippen LogP contribution in [0.2, 0.25) is 0 Å². The van der Waals surface area contributed by atoms with Crippen molar-refractivity contribution in [2.45, 2.75) is 32.6 Å². The molecule has 0 radical (unpaired) electrons. The number of para-hydroxylation sites is 2. The maximum Gasteiger partial charge on any atom is 0.0604 e. The lowest BCUT2D eigenvalue weighted by Gasteiger charge is -2.46. The minimum atomic E-state index is 0.320. The molecule has 0 amide bonds. The van der Waals surface area contributed by atoms with E-state index in [2.05, 4.69) is 48.0 Å². The normalized spacial score (nSPS) is 29.4. The van der Waals surface area contributed by atoms with Crippen molar-refractivity contribution in [1.82, 2.24) is 0 Å². The van der Waals surface area contributed by atoms with Gasteiger partial charge in [0.2, 0.25) is 0 Å². The molecule has 3 rings (SSSR count). The van der Waals surface area contributed by atoms with Crippen LogP contribution in [0, 0.1) is 11.3 Å². The molecule has 1 aromatic rings. The van der Waals surface area contributed by atoms with Gasteiger partial charge in [0.25, 0.3) is 0 Å². The van der Waals surface area contributed by atoms with Gasteiger partial charge >= 0.3 is 0 Å². The lowest BCUT2D eigenvalue weighted by molar-refractivity contribution is 0.159. The van der Waals surface area contributed by atoms with Crippen LogP contribution < -0.4 is 15.5 Å². The topological polar surface area (TPSA) is 32.5 Å². The molecular weight excluding hydrogens is 258 g/mol. The van der Waals surface area contributed by atoms with E-state index in [1.807, 2.05) is 0 Å². The molecule has 2 atom stereocenters. The molecule has 1 aliphatic heterocycles. The number of hydrogen-bond donors (Lipinski definition) is 1. The quantitative estimate of drug-likeness (QED) is 0.927. The van der Waals surface area contributed by atoms with Crippen LogP contribution >= 0.6 is 0 Å². The predicted octanol–water partition coefficient (Wildman–Crippen LogP) is 3.10. The molecule has 2 aliphatic rings. The van der Waals surface area contributed by atoms with E-state index in [1.54, 1.807) is 0 Å². The van der Waals surface area contributed by atoms with Crippen LogP contribution in [0.4, 0.5) is 11.4 Å². The van der Waals surface area contributed by atoms with Gasteiger partial charge in [0.05, 0.1) is 11.4 Å². The molecule has 1 heterocycles. The lowest BCUT2D eigenvalue weighted by atomic mass is 9.69. The molecule has 0 saturated heterocycles. The third-order valence-electron chi connectivity index (χ3n) is 5.48. The summed E-state index contributed by atoms with van der Waals surface area (Å²) >= 11 is 0. The third-order valence-corrected chi connectivity index (χ3v) is 5.48. The summed E-state index contributed by atoms with van der Waals surface area (Å²) < 4.78 is 0. The van der Waals surface area contributed by atoms with Crippen molar-refractivity contribution in [3.8, 4) is 0 Å². The Hall–Kier alpha value is -1.22. The third kappa shape index (κ3) is 2.89. The van der Waals surface area contributed by atoms with E-state index < -0.39 is 0 Å². The number of fused-ring (bicyclic) bond motifs is 1. The van der Waals surface area contributed by atoms with Crippen molar-refractivity contribution in [3.05, 3.63) is 24.3 Å². The van der Waals surface area contributed by atoms with E-state index in [1.165, 1.54) is 37.1 Å². The Morgan fingerprint density at radius 3 is 2.71 bits per heavy atom. The van der Waals surface area contributed by atoms with Crippen LogP contribution in [0.5, 0.6) is 0 Å². The van der Waals surface area contributed by atoms with E-state index in [4.69, 9.17) is 5.73 Å². The molecule has 1 fully saturated rings. The second-order valence-electron chi connectivity index (χ2n) is 7.24. The summed E-state index contributed by atoms with van der Waals surface area (Å²) in [5.74, 6) is 0.824. The van der Waals surface area contributed by atoms with E-state index in [0.29, 0.717) is 5.41 Å². The highest BCUT2D eigenvalue weighted by Crippen LogP contribution is 2.41. The van der Waals surface area contributed by atoms with Crippen molar-refractivity contribution in [2.24, 2.45) is 17.1 Å². The van der Waals surface area contributed by atoms with Gasteiger partial charge in [-0.2, -0.15) is 0 Å². The summed E-state index contributed by atoms with van der Waals surface area (Å²) in [5, 5.41) is 0. The van der Waals surface area contributed by atoms with Crippen LogP contribution in [-0.2, 0) is 0 Å². The zero-order chi connectivity index (χ0) is 14.9. The summed E-state index contributed by atoms with van der Waals surface area (Å²) in [7, 11) is 2.19.